The van der Waals surface area contributed by atoms with Crippen molar-refractivity contribution in [1.82, 2.24) is 5.32 Å². The SMILES string of the molecule is CCOc1ccc(CNC(=O)c2oc3c(c2C)[C@@H]2N=C(C)S[C@H]2CC3)cc1. The van der Waals surface area contributed by atoms with Crippen LogP contribution in [0.1, 0.15) is 59.3 Å². The fourth-order valence-corrected chi connectivity index (χ4v) is 5.02. The zero-order chi connectivity index (χ0) is 19.0. The van der Waals surface area contributed by atoms with E-state index in [0.29, 0.717) is 24.2 Å². The highest BCUT2D eigenvalue weighted by Crippen LogP contribution is 2.47. The molecule has 0 unspecified atom stereocenters. The van der Waals surface area contributed by atoms with E-state index in [-0.39, 0.29) is 11.9 Å². The number of aliphatic imine (C=N–C) groups is 1. The zero-order valence-electron chi connectivity index (χ0n) is 15.9. The van der Waals surface area contributed by atoms with Crippen LogP contribution in [0.5, 0.6) is 5.75 Å². The summed E-state index contributed by atoms with van der Waals surface area (Å²) in [6, 6.07) is 7.89. The van der Waals surface area contributed by atoms with Crippen LogP contribution in [-0.4, -0.2) is 22.8 Å². The third-order valence-corrected chi connectivity index (χ3v) is 6.35. The number of ether oxygens (including phenoxy) is 1. The van der Waals surface area contributed by atoms with E-state index in [1.165, 1.54) is 0 Å². The quantitative estimate of drug-likeness (QED) is 0.828. The lowest BCUT2D eigenvalue weighted by Gasteiger charge is -2.22. The molecule has 4 rings (SSSR count). The molecule has 1 aliphatic carbocycles. The number of hydrogen-bond acceptors (Lipinski definition) is 5. The molecule has 0 radical (unpaired) electrons. The molecule has 2 aromatic rings. The number of rotatable bonds is 5. The molecule has 0 spiro atoms. The van der Waals surface area contributed by atoms with E-state index >= 15 is 0 Å². The van der Waals surface area contributed by atoms with Crippen LogP contribution in [0.3, 0.4) is 0 Å². The van der Waals surface area contributed by atoms with Crippen molar-refractivity contribution < 1.29 is 13.9 Å². The summed E-state index contributed by atoms with van der Waals surface area (Å²) in [4.78, 5) is 17.5. The molecule has 2 aliphatic rings. The number of amides is 1. The van der Waals surface area contributed by atoms with Crippen LogP contribution < -0.4 is 10.1 Å². The molecule has 0 saturated heterocycles. The van der Waals surface area contributed by atoms with E-state index < -0.39 is 0 Å². The molecule has 0 saturated carbocycles. The summed E-state index contributed by atoms with van der Waals surface area (Å²) in [7, 11) is 0. The van der Waals surface area contributed by atoms with Gasteiger partial charge >= 0.3 is 0 Å². The molecule has 2 atom stereocenters. The molecule has 1 amide bonds. The first-order valence-electron chi connectivity index (χ1n) is 9.40. The van der Waals surface area contributed by atoms with Gasteiger partial charge in [0.2, 0.25) is 0 Å². The van der Waals surface area contributed by atoms with Crippen molar-refractivity contribution in [3.05, 3.63) is 52.5 Å². The van der Waals surface area contributed by atoms with Crippen molar-refractivity contribution in [2.45, 2.75) is 51.4 Å². The van der Waals surface area contributed by atoms with Gasteiger partial charge in [-0.15, -0.1) is 11.8 Å². The number of nitrogens with one attached hydrogen (secondary N) is 1. The van der Waals surface area contributed by atoms with Crippen LogP contribution in [-0.2, 0) is 13.0 Å². The van der Waals surface area contributed by atoms with E-state index in [1.807, 2.05) is 49.9 Å². The number of thioether (sulfide) groups is 1. The fourth-order valence-electron chi connectivity index (χ4n) is 3.84. The topological polar surface area (TPSA) is 63.8 Å². The summed E-state index contributed by atoms with van der Waals surface area (Å²) in [5, 5.41) is 4.58. The highest BCUT2D eigenvalue weighted by molar-refractivity contribution is 8.14. The molecule has 142 valence electrons. The minimum atomic E-state index is -0.168. The number of benzene rings is 1. The summed E-state index contributed by atoms with van der Waals surface area (Å²) in [6.45, 7) is 7.09. The monoisotopic (exact) mass is 384 g/mol. The normalized spacial score (nSPS) is 20.6. The van der Waals surface area contributed by atoms with E-state index in [4.69, 9.17) is 14.1 Å². The van der Waals surface area contributed by atoms with Gasteiger partial charge in [0.25, 0.3) is 5.91 Å². The Balaban J connectivity index is 1.48. The van der Waals surface area contributed by atoms with Crippen molar-refractivity contribution in [1.29, 1.82) is 0 Å². The molecular formula is C21H24N2O3S. The van der Waals surface area contributed by atoms with Crippen molar-refractivity contribution in [2.24, 2.45) is 4.99 Å². The summed E-state index contributed by atoms with van der Waals surface area (Å²) in [5.41, 5.74) is 3.08. The number of fused-ring (bicyclic) bond motifs is 3. The molecule has 0 fully saturated rings. The minimum Gasteiger partial charge on any atom is -0.494 e. The zero-order valence-corrected chi connectivity index (χ0v) is 16.7. The minimum absolute atomic E-state index is 0.134. The van der Waals surface area contributed by atoms with Gasteiger partial charge in [0.1, 0.15) is 11.5 Å². The molecule has 1 aliphatic heterocycles. The first kappa shape index (κ1) is 18.2. The Morgan fingerprint density at radius 3 is 2.85 bits per heavy atom. The third kappa shape index (κ3) is 3.50. The van der Waals surface area contributed by atoms with E-state index in [0.717, 1.165) is 46.1 Å². The molecule has 1 aromatic heterocycles. The number of carbonyl (C=O) groups excluding carboxylic acids is 1. The van der Waals surface area contributed by atoms with Gasteiger partial charge in [-0.1, -0.05) is 12.1 Å². The Bertz CT molecular complexity index is 886. The molecule has 27 heavy (non-hydrogen) atoms. The van der Waals surface area contributed by atoms with Crippen LogP contribution in [0, 0.1) is 6.92 Å². The number of aryl methyl sites for hydroxylation is 1. The maximum Gasteiger partial charge on any atom is 0.287 e. The van der Waals surface area contributed by atoms with Crippen LogP contribution in [0.2, 0.25) is 0 Å². The predicted octanol–water partition coefficient (Wildman–Crippen LogP) is 4.44. The second-order valence-corrected chi connectivity index (χ2v) is 8.37. The second kappa shape index (κ2) is 7.43. The molecule has 1 aromatic carbocycles. The number of hydrogen-bond donors (Lipinski definition) is 1. The lowest BCUT2D eigenvalue weighted by atomic mass is 9.90. The van der Waals surface area contributed by atoms with Gasteiger partial charge in [-0.05, 0) is 44.9 Å². The average Bonchev–Trinajstić information content (AvgIpc) is 3.20. The number of nitrogens with zero attached hydrogens (tertiary/aromatic N) is 1. The highest BCUT2D eigenvalue weighted by atomic mass is 32.2. The lowest BCUT2D eigenvalue weighted by molar-refractivity contribution is 0.0920. The highest BCUT2D eigenvalue weighted by Gasteiger charge is 2.39. The van der Waals surface area contributed by atoms with Gasteiger partial charge in [0, 0.05) is 29.3 Å². The van der Waals surface area contributed by atoms with Crippen molar-refractivity contribution in [3.8, 4) is 5.75 Å². The second-order valence-electron chi connectivity index (χ2n) is 6.94. The standard InChI is InChI=1S/C21H24N2O3S/c1-4-25-15-7-5-14(6-8-15)11-22-21(24)20-12(2)18-16(26-20)9-10-17-19(18)23-13(3)27-17/h5-8,17,19H,4,9-11H2,1-3H3,(H,22,24)/t17-,19+/m0/s1. The molecule has 2 heterocycles. The van der Waals surface area contributed by atoms with E-state index in [9.17, 15) is 4.79 Å². The van der Waals surface area contributed by atoms with Crippen molar-refractivity contribution >= 4 is 22.7 Å². The maximum absolute atomic E-state index is 12.7. The maximum atomic E-state index is 12.7. The van der Waals surface area contributed by atoms with Crippen LogP contribution in [0.15, 0.2) is 33.7 Å². The Hall–Kier alpha value is -2.21. The van der Waals surface area contributed by atoms with Gasteiger partial charge in [-0.2, -0.15) is 0 Å². The largest absolute Gasteiger partial charge is 0.494 e. The van der Waals surface area contributed by atoms with Gasteiger partial charge in [0.05, 0.1) is 17.7 Å². The molecule has 6 heteroatoms. The van der Waals surface area contributed by atoms with E-state index in [2.05, 4.69) is 12.2 Å². The van der Waals surface area contributed by atoms with Gasteiger partial charge in [-0.3, -0.25) is 9.79 Å². The molecular weight excluding hydrogens is 360 g/mol. The summed E-state index contributed by atoms with van der Waals surface area (Å²) < 4.78 is 11.4. The van der Waals surface area contributed by atoms with E-state index in [1.54, 1.807) is 0 Å². The molecule has 5 nitrogen and oxygen atoms in total. The van der Waals surface area contributed by atoms with Crippen LogP contribution in [0.25, 0.3) is 0 Å². The summed E-state index contributed by atoms with van der Waals surface area (Å²) in [5.74, 6) is 2.02. The number of furan rings is 1. The Kier molecular flexibility index (Phi) is 5.00. The predicted molar refractivity (Wildman–Crippen MR) is 108 cm³/mol. The van der Waals surface area contributed by atoms with Gasteiger partial charge in [0.15, 0.2) is 5.76 Å². The van der Waals surface area contributed by atoms with Crippen LogP contribution in [0.4, 0.5) is 0 Å². The molecule has 0 bridgehead atoms. The average molecular weight is 385 g/mol. The first-order chi connectivity index (χ1) is 13.1. The number of carbonyl (C=O) groups is 1. The summed E-state index contributed by atoms with van der Waals surface area (Å²) in [6.07, 6.45) is 1.92. The van der Waals surface area contributed by atoms with Crippen molar-refractivity contribution in [2.75, 3.05) is 6.61 Å². The third-order valence-electron chi connectivity index (χ3n) is 5.11. The van der Waals surface area contributed by atoms with Crippen molar-refractivity contribution in [3.63, 3.8) is 0 Å². The van der Waals surface area contributed by atoms with Gasteiger partial charge in [-0.25, -0.2) is 0 Å². The Morgan fingerprint density at radius 1 is 1.33 bits per heavy atom. The van der Waals surface area contributed by atoms with Crippen LogP contribution >= 0.6 is 11.8 Å². The fraction of sp³-hybridized carbons (Fsp3) is 0.429. The smallest absolute Gasteiger partial charge is 0.287 e. The first-order valence-corrected chi connectivity index (χ1v) is 10.3. The Labute approximate surface area is 163 Å². The molecule has 1 N–H and O–H groups in total. The summed E-state index contributed by atoms with van der Waals surface area (Å²) >= 11 is 1.85. The van der Waals surface area contributed by atoms with Gasteiger partial charge < -0.3 is 14.5 Å². The Morgan fingerprint density at radius 2 is 2.11 bits per heavy atom. The lowest BCUT2D eigenvalue weighted by Crippen LogP contribution is -2.23.